The molecule has 0 amide bonds. The molecule has 0 saturated heterocycles. The molecule has 0 radical (unpaired) electrons. The van der Waals surface area contributed by atoms with E-state index in [1.54, 1.807) is 0 Å². The van der Waals surface area contributed by atoms with Crippen LogP contribution in [0.25, 0.3) is 22.5 Å². The molecular weight excluding hydrogens is 444 g/mol. The molecule has 0 saturated carbocycles. The normalized spacial score (nSPS) is 10.9. The number of aromatic nitrogens is 2. The van der Waals surface area contributed by atoms with Crippen LogP contribution in [0.5, 0.6) is 0 Å². The second kappa shape index (κ2) is 12.0. The number of rotatable bonds is 10. The molecule has 4 nitrogen and oxygen atoms in total. The maximum Gasteiger partial charge on any atom is 0.0736 e. The summed E-state index contributed by atoms with van der Waals surface area (Å²) in [4.78, 5) is 9.16. The Balaban J connectivity index is 1.11. The molecule has 0 bridgehead atoms. The van der Waals surface area contributed by atoms with E-state index < -0.39 is 0 Å². The van der Waals surface area contributed by atoms with Gasteiger partial charge in [0.15, 0.2) is 0 Å². The molecule has 0 spiro atoms. The lowest BCUT2D eigenvalue weighted by Gasteiger charge is -2.11. The zero-order chi connectivity index (χ0) is 24.4. The van der Waals surface area contributed by atoms with Crippen molar-refractivity contribution >= 4 is 0 Å². The van der Waals surface area contributed by atoms with Crippen molar-refractivity contribution in [3.05, 3.63) is 144 Å². The molecule has 0 fully saturated rings. The highest BCUT2D eigenvalue weighted by Crippen LogP contribution is 2.19. The maximum absolute atomic E-state index is 6.01. The third kappa shape index (κ3) is 6.30. The highest BCUT2D eigenvalue weighted by atomic mass is 16.5. The summed E-state index contributed by atoms with van der Waals surface area (Å²) >= 11 is 0. The molecular formula is C32H28N2O2. The summed E-state index contributed by atoms with van der Waals surface area (Å²) < 4.78 is 12.0. The molecule has 3 aromatic carbocycles. The Morgan fingerprint density at radius 2 is 0.833 bits per heavy atom. The number of hydrogen-bond acceptors (Lipinski definition) is 4. The molecule has 0 aliphatic carbocycles. The van der Waals surface area contributed by atoms with Crippen molar-refractivity contribution in [2.75, 3.05) is 0 Å². The van der Waals surface area contributed by atoms with Gasteiger partial charge in [-0.25, -0.2) is 0 Å². The second-order valence-electron chi connectivity index (χ2n) is 8.59. The fraction of sp³-hybridized carbons (Fsp3) is 0.125. The van der Waals surface area contributed by atoms with Crippen molar-refractivity contribution in [2.24, 2.45) is 0 Å². The summed E-state index contributed by atoms with van der Waals surface area (Å²) in [5, 5.41) is 0. The van der Waals surface area contributed by atoms with Gasteiger partial charge in [0.2, 0.25) is 0 Å². The van der Waals surface area contributed by atoms with Crippen molar-refractivity contribution in [3.63, 3.8) is 0 Å². The summed E-state index contributed by atoms with van der Waals surface area (Å²) in [5.41, 5.74) is 8.51. The van der Waals surface area contributed by atoms with Gasteiger partial charge in [-0.3, -0.25) is 9.97 Å². The zero-order valence-electron chi connectivity index (χ0n) is 20.1. The van der Waals surface area contributed by atoms with Crippen LogP contribution in [0.15, 0.2) is 122 Å². The Morgan fingerprint density at radius 3 is 1.22 bits per heavy atom. The van der Waals surface area contributed by atoms with Gasteiger partial charge in [0, 0.05) is 23.5 Å². The van der Waals surface area contributed by atoms with Gasteiger partial charge in [-0.2, -0.15) is 0 Å². The second-order valence-corrected chi connectivity index (χ2v) is 8.59. The van der Waals surface area contributed by atoms with Gasteiger partial charge in [0.25, 0.3) is 0 Å². The van der Waals surface area contributed by atoms with E-state index in [0.29, 0.717) is 26.4 Å². The smallest absolute Gasteiger partial charge is 0.0736 e. The van der Waals surface area contributed by atoms with Crippen LogP contribution in [0.2, 0.25) is 0 Å². The lowest BCUT2D eigenvalue weighted by Crippen LogP contribution is -2.02. The van der Waals surface area contributed by atoms with Gasteiger partial charge in [0.05, 0.1) is 37.8 Å². The monoisotopic (exact) mass is 472 g/mol. The van der Waals surface area contributed by atoms with E-state index in [1.165, 1.54) is 0 Å². The van der Waals surface area contributed by atoms with Crippen molar-refractivity contribution in [1.29, 1.82) is 0 Å². The van der Waals surface area contributed by atoms with E-state index in [4.69, 9.17) is 9.47 Å². The highest BCUT2D eigenvalue weighted by Gasteiger charge is 2.05. The Hall–Kier alpha value is -4.12. The van der Waals surface area contributed by atoms with Crippen LogP contribution in [-0.2, 0) is 35.9 Å². The largest absolute Gasteiger partial charge is 0.372 e. The number of hydrogen-bond donors (Lipinski definition) is 0. The third-order valence-electron chi connectivity index (χ3n) is 5.96. The SMILES string of the molecule is c1ccc(-c2ccc(COCc3ccccc3COCc3ccc(-c4ccccc4)nc3)cn2)cc1. The fourth-order valence-corrected chi connectivity index (χ4v) is 3.98. The zero-order valence-corrected chi connectivity index (χ0v) is 20.1. The minimum atomic E-state index is 0.511. The topological polar surface area (TPSA) is 44.2 Å². The van der Waals surface area contributed by atoms with Gasteiger partial charge >= 0.3 is 0 Å². The summed E-state index contributed by atoms with van der Waals surface area (Å²) in [5.74, 6) is 0. The van der Waals surface area contributed by atoms with E-state index in [9.17, 15) is 0 Å². The molecule has 178 valence electrons. The van der Waals surface area contributed by atoms with Crippen LogP contribution in [0.3, 0.4) is 0 Å². The van der Waals surface area contributed by atoms with Crippen LogP contribution in [0, 0.1) is 0 Å². The molecule has 0 atom stereocenters. The van der Waals surface area contributed by atoms with Gasteiger partial charge in [0.1, 0.15) is 0 Å². The first-order valence-corrected chi connectivity index (χ1v) is 12.1. The number of ether oxygens (including phenoxy) is 2. The molecule has 0 N–H and O–H groups in total. The van der Waals surface area contributed by atoms with Crippen LogP contribution in [-0.4, -0.2) is 9.97 Å². The Kier molecular flexibility index (Phi) is 7.89. The predicted molar refractivity (Wildman–Crippen MR) is 143 cm³/mol. The molecule has 0 unspecified atom stereocenters. The minimum absolute atomic E-state index is 0.511. The third-order valence-corrected chi connectivity index (χ3v) is 5.96. The van der Waals surface area contributed by atoms with Crippen molar-refractivity contribution in [1.82, 2.24) is 9.97 Å². The van der Waals surface area contributed by atoms with Gasteiger partial charge in [-0.05, 0) is 34.4 Å². The van der Waals surface area contributed by atoms with E-state index >= 15 is 0 Å². The molecule has 4 heteroatoms. The van der Waals surface area contributed by atoms with E-state index in [1.807, 2.05) is 73.1 Å². The van der Waals surface area contributed by atoms with Crippen LogP contribution < -0.4 is 0 Å². The van der Waals surface area contributed by atoms with Gasteiger partial charge in [-0.15, -0.1) is 0 Å². The number of pyridine rings is 2. The van der Waals surface area contributed by atoms with E-state index in [-0.39, 0.29) is 0 Å². The molecule has 0 aliphatic rings. The van der Waals surface area contributed by atoms with Crippen LogP contribution in [0.4, 0.5) is 0 Å². The summed E-state index contributed by atoms with van der Waals surface area (Å²) in [6.45, 7) is 2.06. The molecule has 5 aromatic rings. The standard InChI is InChI=1S/C32H28N2O2/c1-3-9-27(10-4-1)31-17-15-25(19-33-31)21-35-23-29-13-7-8-14-30(29)24-36-22-26-16-18-32(34-20-26)28-11-5-2-6-12-28/h1-20H,21-24H2. The summed E-state index contributed by atoms with van der Waals surface area (Å²) in [6, 6.07) is 36.8. The van der Waals surface area contributed by atoms with Gasteiger partial charge in [-0.1, -0.05) is 97.1 Å². The lowest BCUT2D eigenvalue weighted by atomic mass is 10.1. The number of benzene rings is 3. The number of nitrogens with zero attached hydrogens (tertiary/aromatic N) is 2. The first-order valence-electron chi connectivity index (χ1n) is 12.1. The quantitative estimate of drug-likeness (QED) is 0.215. The average Bonchev–Trinajstić information content (AvgIpc) is 2.96. The van der Waals surface area contributed by atoms with E-state index in [0.717, 1.165) is 44.8 Å². The molecule has 36 heavy (non-hydrogen) atoms. The Bertz CT molecular complexity index is 1250. The Labute approximate surface area is 212 Å². The predicted octanol–water partition coefficient (Wildman–Crippen LogP) is 7.24. The lowest BCUT2D eigenvalue weighted by molar-refractivity contribution is 0.0932. The fourth-order valence-electron chi connectivity index (χ4n) is 3.98. The first kappa shape index (κ1) is 23.6. The van der Waals surface area contributed by atoms with Crippen molar-refractivity contribution in [3.8, 4) is 22.5 Å². The van der Waals surface area contributed by atoms with Gasteiger partial charge < -0.3 is 9.47 Å². The molecule has 5 rings (SSSR count). The highest BCUT2D eigenvalue weighted by molar-refractivity contribution is 5.59. The van der Waals surface area contributed by atoms with Crippen molar-refractivity contribution < 1.29 is 9.47 Å². The van der Waals surface area contributed by atoms with Crippen LogP contribution >= 0.6 is 0 Å². The van der Waals surface area contributed by atoms with Crippen LogP contribution in [0.1, 0.15) is 22.3 Å². The first-order chi connectivity index (χ1) is 17.8. The molecule has 2 aromatic heterocycles. The van der Waals surface area contributed by atoms with E-state index in [2.05, 4.69) is 58.5 Å². The minimum Gasteiger partial charge on any atom is -0.372 e. The average molecular weight is 473 g/mol. The Morgan fingerprint density at radius 1 is 0.417 bits per heavy atom. The summed E-state index contributed by atoms with van der Waals surface area (Å²) in [7, 11) is 0. The maximum atomic E-state index is 6.01. The van der Waals surface area contributed by atoms with Crippen molar-refractivity contribution in [2.45, 2.75) is 26.4 Å². The molecule has 2 heterocycles. The summed E-state index contributed by atoms with van der Waals surface area (Å²) in [6.07, 6.45) is 3.77. The molecule has 0 aliphatic heterocycles.